The van der Waals surface area contributed by atoms with E-state index in [-0.39, 0.29) is 0 Å². The van der Waals surface area contributed by atoms with Crippen LogP contribution >= 0.6 is 0 Å². The standard InChI is InChI=1S/C18H42O5Si2/c1-7-11-15-19-24(5,20-16-12-8-2)23-25(6,21-17-13-9-3)22-18-14-10-4/h7-18H2,1-6H3. The van der Waals surface area contributed by atoms with Crippen LogP contribution in [0.5, 0.6) is 0 Å². The van der Waals surface area contributed by atoms with Crippen molar-refractivity contribution >= 4 is 17.6 Å². The van der Waals surface area contributed by atoms with Gasteiger partial charge in [0.1, 0.15) is 0 Å². The molecule has 0 saturated carbocycles. The van der Waals surface area contributed by atoms with Gasteiger partial charge in [0.25, 0.3) is 0 Å². The van der Waals surface area contributed by atoms with Gasteiger partial charge in [-0.05, 0) is 25.7 Å². The second-order valence-corrected chi connectivity index (χ2v) is 12.1. The number of hydrogen-bond acceptors (Lipinski definition) is 5. The molecule has 0 aromatic rings. The molecule has 0 unspecified atom stereocenters. The van der Waals surface area contributed by atoms with E-state index in [9.17, 15) is 0 Å². The maximum absolute atomic E-state index is 6.40. The summed E-state index contributed by atoms with van der Waals surface area (Å²) >= 11 is 0. The van der Waals surface area contributed by atoms with Gasteiger partial charge in [0.15, 0.2) is 0 Å². The Morgan fingerprint density at radius 2 is 0.720 bits per heavy atom. The lowest BCUT2D eigenvalue weighted by molar-refractivity contribution is 0.0465. The Labute approximate surface area is 158 Å². The highest BCUT2D eigenvalue weighted by atomic mass is 28.5. The molecule has 0 fully saturated rings. The second-order valence-electron chi connectivity index (χ2n) is 6.63. The van der Waals surface area contributed by atoms with Crippen molar-refractivity contribution in [2.24, 2.45) is 0 Å². The van der Waals surface area contributed by atoms with E-state index in [2.05, 4.69) is 27.7 Å². The van der Waals surface area contributed by atoms with Gasteiger partial charge in [-0.15, -0.1) is 0 Å². The van der Waals surface area contributed by atoms with Crippen molar-refractivity contribution in [2.45, 2.75) is 92.2 Å². The highest BCUT2D eigenvalue weighted by Gasteiger charge is 2.47. The predicted octanol–water partition coefficient (Wildman–Crippen LogP) is 5.41. The van der Waals surface area contributed by atoms with Gasteiger partial charge in [-0.1, -0.05) is 53.4 Å². The van der Waals surface area contributed by atoms with E-state index in [1.807, 2.05) is 13.1 Å². The van der Waals surface area contributed by atoms with Gasteiger partial charge < -0.3 is 21.8 Å². The largest absolute Gasteiger partial charge is 0.490 e. The fourth-order valence-electron chi connectivity index (χ4n) is 2.15. The smallest absolute Gasteiger partial charge is 0.374 e. The van der Waals surface area contributed by atoms with Crippen LogP contribution in [0.25, 0.3) is 0 Å². The molecule has 0 N–H and O–H groups in total. The fraction of sp³-hybridized carbons (Fsp3) is 1.00. The monoisotopic (exact) mass is 394 g/mol. The van der Waals surface area contributed by atoms with Gasteiger partial charge in [-0.25, -0.2) is 0 Å². The molecule has 0 radical (unpaired) electrons. The third kappa shape index (κ3) is 13.1. The lowest BCUT2D eigenvalue weighted by atomic mass is 10.4. The molecule has 0 aliphatic rings. The molecule has 0 aliphatic carbocycles. The molecule has 0 aliphatic heterocycles. The maximum atomic E-state index is 6.40. The minimum absolute atomic E-state index is 0.666. The number of hydrogen-bond donors (Lipinski definition) is 0. The Hall–Kier alpha value is 0.234. The van der Waals surface area contributed by atoms with Gasteiger partial charge in [0.2, 0.25) is 0 Å². The van der Waals surface area contributed by atoms with Crippen LogP contribution in [-0.4, -0.2) is 44.0 Å². The van der Waals surface area contributed by atoms with Crippen molar-refractivity contribution in [1.29, 1.82) is 0 Å². The average molecular weight is 395 g/mol. The van der Waals surface area contributed by atoms with Crippen LogP contribution in [0.4, 0.5) is 0 Å². The molecular weight excluding hydrogens is 352 g/mol. The second kappa shape index (κ2) is 15.3. The van der Waals surface area contributed by atoms with Crippen LogP contribution in [0.2, 0.25) is 13.1 Å². The summed E-state index contributed by atoms with van der Waals surface area (Å²) in [5, 5.41) is 0. The zero-order chi connectivity index (χ0) is 19.0. The molecule has 0 atom stereocenters. The first-order valence-electron chi connectivity index (χ1n) is 10.2. The van der Waals surface area contributed by atoms with Crippen LogP contribution in [0.15, 0.2) is 0 Å². The minimum atomic E-state index is -2.77. The molecule has 25 heavy (non-hydrogen) atoms. The van der Waals surface area contributed by atoms with Crippen molar-refractivity contribution < 1.29 is 21.8 Å². The van der Waals surface area contributed by atoms with Gasteiger partial charge in [0, 0.05) is 39.5 Å². The van der Waals surface area contributed by atoms with E-state index >= 15 is 0 Å². The van der Waals surface area contributed by atoms with Crippen LogP contribution < -0.4 is 0 Å². The van der Waals surface area contributed by atoms with E-state index in [1.54, 1.807) is 0 Å². The normalized spacial score (nSPS) is 12.7. The highest BCUT2D eigenvalue weighted by molar-refractivity contribution is 6.73. The van der Waals surface area contributed by atoms with Crippen molar-refractivity contribution in [3.8, 4) is 0 Å². The predicted molar refractivity (Wildman–Crippen MR) is 108 cm³/mol. The first kappa shape index (κ1) is 25.2. The molecule has 152 valence electrons. The van der Waals surface area contributed by atoms with Gasteiger partial charge in [0.05, 0.1) is 0 Å². The summed E-state index contributed by atoms with van der Waals surface area (Å²) in [6.45, 7) is 15.2. The van der Waals surface area contributed by atoms with E-state index in [4.69, 9.17) is 21.8 Å². The summed E-state index contributed by atoms with van der Waals surface area (Å²) < 4.78 is 30.8. The van der Waals surface area contributed by atoms with Gasteiger partial charge in [-0.3, -0.25) is 0 Å². The Morgan fingerprint density at radius 1 is 0.480 bits per heavy atom. The van der Waals surface area contributed by atoms with Crippen molar-refractivity contribution in [3.05, 3.63) is 0 Å². The van der Waals surface area contributed by atoms with Crippen molar-refractivity contribution in [2.75, 3.05) is 26.4 Å². The molecule has 0 aromatic carbocycles. The van der Waals surface area contributed by atoms with E-state index < -0.39 is 17.6 Å². The van der Waals surface area contributed by atoms with Crippen LogP contribution in [-0.2, 0) is 21.8 Å². The molecule has 7 heteroatoms. The van der Waals surface area contributed by atoms with Crippen LogP contribution in [0.1, 0.15) is 79.1 Å². The topological polar surface area (TPSA) is 46.2 Å². The van der Waals surface area contributed by atoms with Gasteiger partial charge in [-0.2, -0.15) is 0 Å². The van der Waals surface area contributed by atoms with E-state index in [0.29, 0.717) is 26.4 Å². The molecule has 5 nitrogen and oxygen atoms in total. The molecule has 0 bridgehead atoms. The summed E-state index contributed by atoms with van der Waals surface area (Å²) in [4.78, 5) is 0. The first-order chi connectivity index (χ1) is 11.9. The number of rotatable bonds is 18. The van der Waals surface area contributed by atoms with Crippen LogP contribution in [0, 0.1) is 0 Å². The Balaban J connectivity index is 4.90. The molecular formula is C18H42O5Si2. The quantitative estimate of drug-likeness (QED) is 0.230. The Morgan fingerprint density at radius 3 is 0.920 bits per heavy atom. The van der Waals surface area contributed by atoms with E-state index in [0.717, 1.165) is 51.4 Å². The summed E-state index contributed by atoms with van der Waals surface area (Å²) in [6.07, 6.45) is 8.40. The van der Waals surface area contributed by atoms with Crippen LogP contribution in [0.3, 0.4) is 0 Å². The lowest BCUT2D eigenvalue weighted by Crippen LogP contribution is -2.56. The highest BCUT2D eigenvalue weighted by Crippen LogP contribution is 2.21. The lowest BCUT2D eigenvalue weighted by Gasteiger charge is -2.35. The molecule has 0 saturated heterocycles. The molecule has 0 rings (SSSR count). The van der Waals surface area contributed by atoms with Crippen molar-refractivity contribution in [1.82, 2.24) is 0 Å². The third-order valence-corrected chi connectivity index (χ3v) is 9.70. The summed E-state index contributed by atoms with van der Waals surface area (Å²) in [5.74, 6) is 0. The zero-order valence-corrected chi connectivity index (χ0v) is 19.5. The molecule has 0 spiro atoms. The summed E-state index contributed by atoms with van der Waals surface area (Å²) in [7, 11) is -5.54. The zero-order valence-electron chi connectivity index (χ0n) is 17.5. The minimum Gasteiger partial charge on any atom is -0.374 e. The SMILES string of the molecule is CCCCO[Si](C)(OCCCC)O[Si](C)(OCCCC)OCCCC. The van der Waals surface area contributed by atoms with Crippen molar-refractivity contribution in [3.63, 3.8) is 0 Å². The maximum Gasteiger partial charge on any atom is 0.490 e. The number of unbranched alkanes of at least 4 members (excludes halogenated alkanes) is 4. The van der Waals surface area contributed by atoms with E-state index in [1.165, 1.54) is 0 Å². The Bertz CT molecular complexity index is 257. The fourth-order valence-corrected chi connectivity index (χ4v) is 8.01. The molecule has 0 aromatic heterocycles. The van der Waals surface area contributed by atoms with Gasteiger partial charge >= 0.3 is 17.6 Å². The molecule has 0 amide bonds. The third-order valence-electron chi connectivity index (χ3n) is 3.82. The Kier molecular flexibility index (Phi) is 15.5. The first-order valence-corrected chi connectivity index (χ1v) is 14.7. The summed E-state index contributed by atoms with van der Waals surface area (Å²) in [6, 6.07) is 0. The molecule has 0 heterocycles. The average Bonchev–Trinajstić information content (AvgIpc) is 2.56. The summed E-state index contributed by atoms with van der Waals surface area (Å²) in [5.41, 5.74) is 0.